The van der Waals surface area contributed by atoms with Crippen LogP contribution in [0.3, 0.4) is 0 Å². The molecule has 17 heavy (non-hydrogen) atoms. The van der Waals surface area contributed by atoms with Crippen molar-refractivity contribution in [2.24, 2.45) is 5.73 Å². The van der Waals surface area contributed by atoms with Gasteiger partial charge in [0.05, 0.1) is 6.04 Å². The monoisotopic (exact) mass is 276 g/mol. The van der Waals surface area contributed by atoms with Crippen molar-refractivity contribution in [1.82, 2.24) is 0 Å². The van der Waals surface area contributed by atoms with Crippen LogP contribution in [-0.4, -0.2) is 24.0 Å². The molecule has 0 heterocycles. The Morgan fingerprint density at radius 1 is 1.59 bits per heavy atom. The maximum Gasteiger partial charge on any atom is 0.241 e. The number of hydrogen-bond acceptors (Lipinski definition) is 3. The van der Waals surface area contributed by atoms with Gasteiger partial charge in [-0.05, 0) is 36.6 Å². The van der Waals surface area contributed by atoms with Gasteiger partial charge in [0.15, 0.2) is 0 Å². The highest BCUT2D eigenvalue weighted by Crippen LogP contribution is 2.18. The van der Waals surface area contributed by atoms with Crippen LogP contribution >= 0.6 is 23.4 Å². The number of halogens is 2. The number of amides is 1. The molecule has 3 nitrogen and oxygen atoms in total. The number of benzene rings is 1. The van der Waals surface area contributed by atoms with Gasteiger partial charge in [0.25, 0.3) is 0 Å². The summed E-state index contributed by atoms with van der Waals surface area (Å²) in [4.78, 5) is 11.6. The van der Waals surface area contributed by atoms with E-state index in [9.17, 15) is 9.18 Å². The molecule has 0 fully saturated rings. The number of hydrogen-bond donors (Lipinski definition) is 2. The molecule has 3 N–H and O–H groups in total. The molecule has 0 aromatic heterocycles. The topological polar surface area (TPSA) is 55.1 Å². The fraction of sp³-hybridized carbons (Fsp3) is 0.364. The van der Waals surface area contributed by atoms with Gasteiger partial charge in [0.2, 0.25) is 5.91 Å². The van der Waals surface area contributed by atoms with E-state index in [1.165, 1.54) is 18.2 Å². The van der Waals surface area contributed by atoms with Crippen LogP contribution in [0.1, 0.15) is 6.42 Å². The van der Waals surface area contributed by atoms with Gasteiger partial charge in [0.1, 0.15) is 5.82 Å². The molecule has 1 aromatic carbocycles. The summed E-state index contributed by atoms with van der Waals surface area (Å²) in [7, 11) is 0. The van der Waals surface area contributed by atoms with Crippen molar-refractivity contribution in [2.45, 2.75) is 12.5 Å². The van der Waals surface area contributed by atoms with Crippen LogP contribution in [0.2, 0.25) is 5.02 Å². The number of carbonyl (C=O) groups is 1. The van der Waals surface area contributed by atoms with Gasteiger partial charge < -0.3 is 11.1 Å². The van der Waals surface area contributed by atoms with Gasteiger partial charge >= 0.3 is 0 Å². The highest BCUT2D eigenvalue weighted by atomic mass is 35.5. The molecular weight excluding hydrogens is 263 g/mol. The first-order chi connectivity index (χ1) is 8.02. The summed E-state index contributed by atoms with van der Waals surface area (Å²) in [6.45, 7) is 0. The van der Waals surface area contributed by atoms with E-state index >= 15 is 0 Å². The highest BCUT2D eigenvalue weighted by molar-refractivity contribution is 7.98. The summed E-state index contributed by atoms with van der Waals surface area (Å²) in [5.74, 6) is -0.0235. The normalized spacial score (nSPS) is 12.2. The second kappa shape index (κ2) is 6.83. The SMILES string of the molecule is CSCC[C@@H](N)C(=O)Nc1cc(F)cc(Cl)c1. The van der Waals surface area contributed by atoms with E-state index in [1.54, 1.807) is 11.8 Å². The number of carbonyl (C=O) groups excluding carboxylic acids is 1. The average Bonchev–Trinajstić information content (AvgIpc) is 2.24. The molecule has 0 saturated heterocycles. The zero-order valence-electron chi connectivity index (χ0n) is 9.37. The van der Waals surface area contributed by atoms with Crippen LogP contribution in [0.5, 0.6) is 0 Å². The van der Waals surface area contributed by atoms with Crippen molar-refractivity contribution < 1.29 is 9.18 Å². The number of nitrogens with two attached hydrogens (primary N) is 1. The predicted octanol–water partition coefficient (Wildman–Crippen LogP) is 2.50. The van der Waals surface area contributed by atoms with Gasteiger partial charge in [-0.25, -0.2) is 4.39 Å². The average molecular weight is 277 g/mol. The van der Waals surface area contributed by atoms with Crippen LogP contribution in [0.25, 0.3) is 0 Å². The first-order valence-corrected chi connectivity index (χ1v) is 6.81. The Kier molecular flexibility index (Phi) is 5.74. The maximum atomic E-state index is 13.0. The molecule has 1 atom stereocenters. The fourth-order valence-electron chi connectivity index (χ4n) is 1.24. The highest BCUT2D eigenvalue weighted by Gasteiger charge is 2.13. The second-order valence-electron chi connectivity index (χ2n) is 3.54. The molecule has 0 radical (unpaired) electrons. The summed E-state index contributed by atoms with van der Waals surface area (Å²) in [6, 6.07) is 3.25. The van der Waals surface area contributed by atoms with Crippen molar-refractivity contribution in [1.29, 1.82) is 0 Å². The lowest BCUT2D eigenvalue weighted by atomic mass is 10.2. The van der Waals surface area contributed by atoms with E-state index in [0.29, 0.717) is 12.1 Å². The van der Waals surface area contributed by atoms with E-state index in [-0.39, 0.29) is 10.9 Å². The molecule has 1 amide bonds. The molecule has 0 bridgehead atoms. The van der Waals surface area contributed by atoms with E-state index < -0.39 is 11.9 Å². The molecule has 0 unspecified atom stereocenters. The molecule has 0 aliphatic heterocycles. The van der Waals surface area contributed by atoms with Crippen molar-refractivity contribution in [3.05, 3.63) is 29.0 Å². The largest absolute Gasteiger partial charge is 0.325 e. The Bertz CT molecular complexity index is 383. The van der Waals surface area contributed by atoms with Crippen molar-refractivity contribution >= 4 is 35.0 Å². The summed E-state index contributed by atoms with van der Waals surface area (Å²) >= 11 is 7.29. The molecule has 1 rings (SSSR count). The van der Waals surface area contributed by atoms with Crippen molar-refractivity contribution in [3.63, 3.8) is 0 Å². The number of thioether (sulfide) groups is 1. The van der Waals surface area contributed by atoms with Crippen LogP contribution in [0.15, 0.2) is 18.2 Å². The second-order valence-corrected chi connectivity index (χ2v) is 4.96. The first kappa shape index (κ1) is 14.3. The van der Waals surface area contributed by atoms with Crippen LogP contribution in [0, 0.1) is 5.82 Å². The Morgan fingerprint density at radius 2 is 2.29 bits per heavy atom. The molecule has 1 aromatic rings. The quantitative estimate of drug-likeness (QED) is 0.869. The third kappa shape index (κ3) is 4.93. The van der Waals surface area contributed by atoms with E-state index in [1.807, 2.05) is 6.26 Å². The van der Waals surface area contributed by atoms with Crippen molar-refractivity contribution in [3.8, 4) is 0 Å². The zero-order chi connectivity index (χ0) is 12.8. The number of anilines is 1. The smallest absolute Gasteiger partial charge is 0.241 e. The van der Waals surface area contributed by atoms with E-state index in [2.05, 4.69) is 5.32 Å². The molecule has 0 aliphatic carbocycles. The minimum Gasteiger partial charge on any atom is -0.325 e. The minimum absolute atomic E-state index is 0.234. The molecule has 0 saturated carbocycles. The van der Waals surface area contributed by atoms with Crippen LogP contribution in [0.4, 0.5) is 10.1 Å². The van der Waals surface area contributed by atoms with E-state index in [4.69, 9.17) is 17.3 Å². The maximum absolute atomic E-state index is 13.0. The zero-order valence-corrected chi connectivity index (χ0v) is 10.9. The summed E-state index contributed by atoms with van der Waals surface area (Å²) in [6.07, 6.45) is 2.52. The molecule has 0 aliphatic rings. The molecule has 6 heteroatoms. The third-order valence-corrected chi connectivity index (χ3v) is 2.96. The minimum atomic E-state index is -0.593. The lowest BCUT2D eigenvalue weighted by Crippen LogP contribution is -2.36. The Labute approximate surface area is 109 Å². The van der Waals surface area contributed by atoms with Gasteiger partial charge in [-0.3, -0.25) is 4.79 Å². The molecular formula is C11H14ClFN2OS. The van der Waals surface area contributed by atoms with Crippen LogP contribution < -0.4 is 11.1 Å². The Morgan fingerprint density at radius 3 is 2.88 bits per heavy atom. The Hall–Kier alpha value is -0.780. The summed E-state index contributed by atoms with van der Waals surface area (Å²) < 4.78 is 13.0. The third-order valence-electron chi connectivity index (χ3n) is 2.10. The predicted molar refractivity (Wildman–Crippen MR) is 71.0 cm³/mol. The van der Waals surface area contributed by atoms with Gasteiger partial charge in [-0.2, -0.15) is 11.8 Å². The Balaban J connectivity index is 2.61. The lowest BCUT2D eigenvalue weighted by Gasteiger charge is -2.11. The summed E-state index contributed by atoms with van der Waals surface area (Å²) in [5, 5.41) is 2.77. The van der Waals surface area contributed by atoms with Crippen LogP contribution in [-0.2, 0) is 4.79 Å². The van der Waals surface area contributed by atoms with Gasteiger partial charge in [0, 0.05) is 10.7 Å². The molecule has 0 spiro atoms. The summed E-state index contributed by atoms with van der Waals surface area (Å²) in [5.41, 5.74) is 5.99. The number of nitrogens with one attached hydrogen (secondary N) is 1. The fourth-order valence-corrected chi connectivity index (χ4v) is 1.95. The molecule has 94 valence electrons. The standard InChI is InChI=1S/C11H14ClFN2OS/c1-17-3-2-10(14)11(16)15-9-5-7(12)4-8(13)6-9/h4-6,10H,2-3,14H2,1H3,(H,15,16)/t10-/m1/s1. The lowest BCUT2D eigenvalue weighted by molar-refractivity contribution is -0.117. The first-order valence-electron chi connectivity index (χ1n) is 5.04. The number of rotatable bonds is 5. The van der Waals surface area contributed by atoms with E-state index in [0.717, 1.165) is 5.75 Å². The van der Waals surface area contributed by atoms with Gasteiger partial charge in [-0.1, -0.05) is 11.6 Å². The van der Waals surface area contributed by atoms with Crippen molar-refractivity contribution in [2.75, 3.05) is 17.3 Å². The van der Waals surface area contributed by atoms with Gasteiger partial charge in [-0.15, -0.1) is 0 Å².